The summed E-state index contributed by atoms with van der Waals surface area (Å²) >= 11 is 3.55. The average Bonchev–Trinajstić information content (AvgIpc) is 3.67. The van der Waals surface area contributed by atoms with Crippen LogP contribution in [0.3, 0.4) is 0 Å². The molecule has 7 rings (SSSR count). The van der Waals surface area contributed by atoms with E-state index in [1.54, 1.807) is 18.1 Å². The number of hydrogen-bond acceptors (Lipinski definition) is 7. The van der Waals surface area contributed by atoms with Gasteiger partial charge in [0, 0.05) is 28.7 Å². The highest BCUT2D eigenvalue weighted by atomic mass is 32.2. The van der Waals surface area contributed by atoms with E-state index in [2.05, 4.69) is 57.4 Å². The molecule has 0 aliphatic heterocycles. The molecule has 0 fully saturated rings. The zero-order valence-corrected chi connectivity index (χ0v) is 23.9. The first-order chi connectivity index (χ1) is 19.8. The fourth-order valence-electron chi connectivity index (χ4n) is 5.61. The molecule has 40 heavy (non-hydrogen) atoms. The van der Waals surface area contributed by atoms with E-state index in [0.29, 0.717) is 18.1 Å². The maximum Gasteiger partial charge on any atom is 0.214 e. The minimum absolute atomic E-state index is 0.337. The Balaban J connectivity index is 0.976. The summed E-state index contributed by atoms with van der Waals surface area (Å²) in [6, 6.07) is 22.0. The lowest BCUT2D eigenvalue weighted by atomic mass is 10.1. The molecule has 0 atom stereocenters. The first-order valence-corrected chi connectivity index (χ1v) is 15.9. The Morgan fingerprint density at radius 2 is 1.40 bits per heavy atom. The molecular formula is C33H30N4OS2. The van der Waals surface area contributed by atoms with Crippen LogP contribution in [0.4, 0.5) is 0 Å². The Morgan fingerprint density at radius 3 is 2.17 bits per heavy atom. The van der Waals surface area contributed by atoms with Gasteiger partial charge in [0.25, 0.3) is 0 Å². The fourth-order valence-corrected chi connectivity index (χ4v) is 7.38. The number of benzene rings is 2. The van der Waals surface area contributed by atoms with Crippen LogP contribution in [-0.4, -0.2) is 19.9 Å². The van der Waals surface area contributed by atoms with Crippen molar-refractivity contribution in [3.8, 4) is 5.88 Å². The third-order valence-electron chi connectivity index (χ3n) is 7.70. The molecule has 0 spiro atoms. The van der Waals surface area contributed by atoms with Crippen LogP contribution in [-0.2, 0) is 43.8 Å². The maximum absolute atomic E-state index is 6.03. The van der Waals surface area contributed by atoms with E-state index in [0.717, 1.165) is 32.5 Å². The molecule has 0 N–H and O–H groups in total. The molecule has 200 valence electrons. The van der Waals surface area contributed by atoms with Gasteiger partial charge in [-0.05, 0) is 90.1 Å². The van der Waals surface area contributed by atoms with Gasteiger partial charge in [-0.25, -0.2) is 19.9 Å². The van der Waals surface area contributed by atoms with Crippen LogP contribution in [0.25, 0.3) is 11.0 Å². The minimum atomic E-state index is 0.337. The molecule has 3 aromatic heterocycles. The largest absolute Gasteiger partial charge is 0.471 e. The molecule has 0 unspecified atom stereocenters. The number of pyridine rings is 2. The molecule has 7 heteroatoms. The molecule has 3 heterocycles. The van der Waals surface area contributed by atoms with Gasteiger partial charge >= 0.3 is 0 Å². The van der Waals surface area contributed by atoms with Gasteiger partial charge in [0.1, 0.15) is 18.0 Å². The molecule has 0 saturated carbocycles. The summed E-state index contributed by atoms with van der Waals surface area (Å²) in [5.74, 6) is 2.43. The first kappa shape index (κ1) is 25.5. The molecule has 5 nitrogen and oxygen atoms in total. The Morgan fingerprint density at radius 1 is 0.675 bits per heavy atom. The molecule has 2 aromatic carbocycles. The van der Waals surface area contributed by atoms with Gasteiger partial charge < -0.3 is 4.74 Å². The normalized spacial score (nSPS) is 13.9. The van der Waals surface area contributed by atoms with Crippen LogP contribution in [0.2, 0.25) is 0 Å². The Hall–Kier alpha value is -3.42. The van der Waals surface area contributed by atoms with Crippen LogP contribution in [0.1, 0.15) is 51.9 Å². The molecule has 0 radical (unpaired) electrons. The lowest BCUT2D eigenvalue weighted by molar-refractivity contribution is 0.289. The lowest BCUT2D eigenvalue weighted by Gasteiger charge is -2.09. The maximum atomic E-state index is 6.03. The van der Waals surface area contributed by atoms with Crippen LogP contribution in [0, 0.1) is 0 Å². The lowest BCUT2D eigenvalue weighted by Crippen LogP contribution is -2.01. The summed E-state index contributed by atoms with van der Waals surface area (Å²) in [7, 11) is 0. The van der Waals surface area contributed by atoms with Crippen molar-refractivity contribution >= 4 is 34.6 Å². The second kappa shape index (κ2) is 11.6. The van der Waals surface area contributed by atoms with Crippen molar-refractivity contribution in [1.29, 1.82) is 0 Å². The highest BCUT2D eigenvalue weighted by Crippen LogP contribution is 2.31. The number of rotatable bonds is 9. The Labute approximate surface area is 243 Å². The topological polar surface area (TPSA) is 60.8 Å². The quantitative estimate of drug-likeness (QED) is 0.136. The summed E-state index contributed by atoms with van der Waals surface area (Å²) in [5, 5.41) is 1.93. The van der Waals surface area contributed by atoms with E-state index in [1.807, 2.05) is 36.2 Å². The highest BCUT2D eigenvalue weighted by molar-refractivity contribution is 7.98. The third-order valence-corrected chi connectivity index (χ3v) is 9.84. The van der Waals surface area contributed by atoms with Crippen LogP contribution in [0.15, 0.2) is 83.1 Å². The number of hydrogen-bond donors (Lipinski definition) is 0. The van der Waals surface area contributed by atoms with Crippen LogP contribution < -0.4 is 4.74 Å². The van der Waals surface area contributed by atoms with Gasteiger partial charge in [-0.2, -0.15) is 0 Å². The number of thioether (sulfide) groups is 2. The zero-order chi connectivity index (χ0) is 26.7. The summed E-state index contributed by atoms with van der Waals surface area (Å²) in [4.78, 5) is 19.3. The number of aromatic nitrogens is 4. The minimum Gasteiger partial charge on any atom is -0.471 e. The van der Waals surface area contributed by atoms with Crippen molar-refractivity contribution in [2.45, 2.75) is 66.6 Å². The van der Waals surface area contributed by atoms with Crippen LogP contribution >= 0.6 is 23.5 Å². The van der Waals surface area contributed by atoms with Crippen molar-refractivity contribution in [2.24, 2.45) is 0 Å². The van der Waals surface area contributed by atoms with Crippen molar-refractivity contribution in [3.05, 3.63) is 112 Å². The number of fused-ring (bicyclic) bond motifs is 3. The summed E-state index contributed by atoms with van der Waals surface area (Å²) in [5.41, 5.74) is 10.3. The summed E-state index contributed by atoms with van der Waals surface area (Å²) < 4.78 is 6.03. The van der Waals surface area contributed by atoms with E-state index in [4.69, 9.17) is 9.72 Å². The predicted octanol–water partition coefficient (Wildman–Crippen LogP) is 7.56. The van der Waals surface area contributed by atoms with Gasteiger partial charge in [0.05, 0.1) is 11.1 Å². The predicted molar refractivity (Wildman–Crippen MR) is 162 cm³/mol. The monoisotopic (exact) mass is 562 g/mol. The van der Waals surface area contributed by atoms with Gasteiger partial charge in [-0.15, -0.1) is 23.5 Å². The first-order valence-electron chi connectivity index (χ1n) is 13.9. The van der Waals surface area contributed by atoms with Crippen molar-refractivity contribution < 1.29 is 4.74 Å². The van der Waals surface area contributed by atoms with Crippen molar-refractivity contribution in [1.82, 2.24) is 19.9 Å². The van der Waals surface area contributed by atoms with E-state index < -0.39 is 0 Å². The second-order valence-corrected chi connectivity index (χ2v) is 12.5. The molecule has 5 aromatic rings. The average molecular weight is 563 g/mol. The van der Waals surface area contributed by atoms with Gasteiger partial charge in [0.2, 0.25) is 5.88 Å². The van der Waals surface area contributed by atoms with E-state index in [1.165, 1.54) is 71.9 Å². The van der Waals surface area contributed by atoms with Gasteiger partial charge in [-0.3, -0.25) is 0 Å². The summed E-state index contributed by atoms with van der Waals surface area (Å²) in [6.07, 6.45) is 10.8. The van der Waals surface area contributed by atoms with E-state index >= 15 is 0 Å². The molecule has 0 bridgehead atoms. The van der Waals surface area contributed by atoms with E-state index in [-0.39, 0.29) is 0 Å². The number of aryl methyl sites for hydroxylation is 4. The Bertz CT molecular complexity index is 1690. The summed E-state index contributed by atoms with van der Waals surface area (Å²) in [6.45, 7) is 0.337. The van der Waals surface area contributed by atoms with Crippen molar-refractivity contribution in [3.63, 3.8) is 0 Å². The molecular weight excluding hydrogens is 533 g/mol. The third kappa shape index (κ3) is 5.72. The highest BCUT2D eigenvalue weighted by Gasteiger charge is 2.13. The van der Waals surface area contributed by atoms with Gasteiger partial charge in [-0.1, -0.05) is 36.4 Å². The second-order valence-electron chi connectivity index (χ2n) is 10.5. The van der Waals surface area contributed by atoms with Crippen LogP contribution in [0.5, 0.6) is 5.88 Å². The smallest absolute Gasteiger partial charge is 0.214 e. The number of ether oxygens (including phenoxy) is 1. The SMILES string of the molecule is c1cc(SCc2ccc3c(c2)CCC3)cc(OCc2ccc3c(SCc4ccc5c(c4)CCC5)ncnc3n2)n1. The zero-order valence-electron chi connectivity index (χ0n) is 22.3. The Kier molecular flexibility index (Phi) is 7.40. The molecule has 2 aliphatic rings. The molecule has 0 saturated heterocycles. The van der Waals surface area contributed by atoms with Gasteiger partial charge in [0.15, 0.2) is 5.65 Å². The van der Waals surface area contributed by atoms with Crippen molar-refractivity contribution in [2.75, 3.05) is 0 Å². The number of nitrogens with zero attached hydrogens (tertiary/aromatic N) is 4. The standard InChI is InChI=1S/C33H30N4OS2/c1-3-24-9-7-22(15-26(24)5-1)19-39-29-13-14-34-31(17-29)38-18-28-11-12-30-32(37-28)35-21-36-33(30)40-20-23-8-10-25-4-2-6-27(25)16-23/h7-17,21H,1-6,18-20H2. The molecule has 0 amide bonds. The van der Waals surface area contributed by atoms with E-state index in [9.17, 15) is 0 Å². The molecule has 2 aliphatic carbocycles. The fraction of sp³-hybridized carbons (Fsp3) is 0.273.